The average molecular weight is 291 g/mol. The summed E-state index contributed by atoms with van der Waals surface area (Å²) in [7, 11) is 0. The molecule has 110 valence electrons. The van der Waals surface area contributed by atoms with Gasteiger partial charge in [0.2, 0.25) is 5.91 Å². The van der Waals surface area contributed by atoms with Crippen LogP contribution in [0.2, 0.25) is 0 Å². The van der Waals surface area contributed by atoms with Crippen LogP contribution in [0.4, 0.5) is 5.82 Å². The maximum absolute atomic E-state index is 12.0. The number of hydrogen-bond acceptors (Lipinski definition) is 2. The van der Waals surface area contributed by atoms with Crippen LogP contribution in [0.3, 0.4) is 0 Å². The second kappa shape index (κ2) is 4.98. The number of aromatic nitrogens is 2. The zero-order chi connectivity index (χ0) is 15.1. The van der Waals surface area contributed by atoms with E-state index in [1.807, 2.05) is 6.08 Å². The normalized spacial score (nSPS) is 19.2. The molecular formula is C18H17N3O. The number of fused-ring (bicyclic) bond motifs is 1. The Morgan fingerprint density at radius 2 is 2.05 bits per heavy atom. The molecule has 0 bridgehead atoms. The number of nitrogens with zero attached hydrogens (tertiary/aromatic N) is 1. The Labute approximate surface area is 128 Å². The molecule has 0 saturated carbocycles. The van der Waals surface area contributed by atoms with Gasteiger partial charge in [0.15, 0.2) is 5.82 Å². The van der Waals surface area contributed by atoms with Gasteiger partial charge in [-0.3, -0.25) is 9.89 Å². The first kappa shape index (κ1) is 13.1. The number of carbonyl (C=O) groups is 1. The number of aryl methyl sites for hydroxylation is 1. The lowest BCUT2D eigenvalue weighted by Crippen LogP contribution is -2.23. The highest BCUT2D eigenvalue weighted by atomic mass is 16.1. The van der Waals surface area contributed by atoms with E-state index in [0.717, 1.165) is 23.3 Å². The molecule has 4 rings (SSSR count). The minimum atomic E-state index is 0.0215. The van der Waals surface area contributed by atoms with Gasteiger partial charge in [0, 0.05) is 17.9 Å². The SMILES string of the molecule is CCc1ccc(C2CC(=O)Nc3n[nH]c(C4=CC=C4)c32)cc1. The topological polar surface area (TPSA) is 57.8 Å². The molecule has 1 aliphatic carbocycles. The molecule has 0 spiro atoms. The molecule has 2 aliphatic rings. The fourth-order valence-corrected chi connectivity index (χ4v) is 3.11. The van der Waals surface area contributed by atoms with Gasteiger partial charge in [0.25, 0.3) is 0 Å². The second-order valence-corrected chi connectivity index (χ2v) is 5.74. The first-order chi connectivity index (χ1) is 10.8. The van der Waals surface area contributed by atoms with Crippen LogP contribution < -0.4 is 5.32 Å². The van der Waals surface area contributed by atoms with Crippen molar-refractivity contribution in [3.8, 4) is 0 Å². The van der Waals surface area contributed by atoms with Gasteiger partial charge in [-0.1, -0.05) is 49.4 Å². The zero-order valence-electron chi connectivity index (χ0n) is 12.4. The highest BCUT2D eigenvalue weighted by molar-refractivity contribution is 5.96. The molecule has 4 heteroatoms. The third-order valence-electron chi connectivity index (χ3n) is 4.43. The maximum Gasteiger partial charge on any atom is 0.226 e. The molecule has 0 radical (unpaired) electrons. The summed E-state index contributed by atoms with van der Waals surface area (Å²) >= 11 is 0. The van der Waals surface area contributed by atoms with Gasteiger partial charge < -0.3 is 5.32 Å². The number of benzene rings is 1. The van der Waals surface area contributed by atoms with Crippen LogP contribution in [-0.2, 0) is 11.2 Å². The molecular weight excluding hydrogens is 274 g/mol. The Kier molecular flexibility index (Phi) is 2.96. The fraction of sp³-hybridized carbons (Fsp3) is 0.222. The summed E-state index contributed by atoms with van der Waals surface area (Å²) in [6.45, 7) is 2.14. The van der Waals surface area contributed by atoms with Gasteiger partial charge in [-0.25, -0.2) is 0 Å². The van der Waals surface area contributed by atoms with Crippen molar-refractivity contribution < 1.29 is 4.79 Å². The van der Waals surface area contributed by atoms with E-state index in [4.69, 9.17) is 0 Å². The van der Waals surface area contributed by atoms with Crippen molar-refractivity contribution in [1.82, 2.24) is 10.2 Å². The van der Waals surface area contributed by atoms with Crippen LogP contribution in [-0.4, -0.2) is 16.1 Å². The van der Waals surface area contributed by atoms with Crippen LogP contribution in [0.1, 0.15) is 41.6 Å². The number of aromatic amines is 1. The van der Waals surface area contributed by atoms with Crippen molar-refractivity contribution in [3.05, 3.63) is 64.9 Å². The molecule has 4 nitrogen and oxygen atoms in total. The van der Waals surface area contributed by atoms with Crippen molar-refractivity contribution in [2.24, 2.45) is 0 Å². The third-order valence-corrected chi connectivity index (χ3v) is 4.43. The number of anilines is 1. The van der Waals surface area contributed by atoms with E-state index in [9.17, 15) is 4.79 Å². The number of rotatable bonds is 3. The van der Waals surface area contributed by atoms with E-state index in [2.05, 4.69) is 58.9 Å². The molecule has 2 heterocycles. The molecule has 1 atom stereocenters. The Hall–Kier alpha value is -2.62. The highest BCUT2D eigenvalue weighted by Gasteiger charge is 2.32. The van der Waals surface area contributed by atoms with Gasteiger partial charge >= 0.3 is 0 Å². The molecule has 0 fully saturated rings. The fourth-order valence-electron chi connectivity index (χ4n) is 3.11. The van der Waals surface area contributed by atoms with Crippen LogP contribution in [0.15, 0.2) is 42.5 Å². The Balaban J connectivity index is 1.80. The number of amides is 1. The van der Waals surface area contributed by atoms with E-state index in [1.54, 1.807) is 0 Å². The van der Waals surface area contributed by atoms with E-state index in [0.29, 0.717) is 12.2 Å². The number of nitrogens with one attached hydrogen (secondary N) is 2. The first-order valence-corrected chi connectivity index (χ1v) is 7.62. The minimum Gasteiger partial charge on any atom is -0.309 e. The Morgan fingerprint density at radius 1 is 1.27 bits per heavy atom. The number of carbonyl (C=O) groups excluding carboxylic acids is 1. The quantitative estimate of drug-likeness (QED) is 0.910. The lowest BCUT2D eigenvalue weighted by molar-refractivity contribution is -0.116. The third kappa shape index (κ3) is 1.99. The van der Waals surface area contributed by atoms with Crippen molar-refractivity contribution in [2.45, 2.75) is 25.7 Å². The van der Waals surface area contributed by atoms with Gasteiger partial charge in [-0.15, -0.1) is 0 Å². The van der Waals surface area contributed by atoms with Gasteiger partial charge in [-0.05, 0) is 23.1 Å². The summed E-state index contributed by atoms with van der Waals surface area (Å²) in [6, 6.07) is 8.55. The summed E-state index contributed by atoms with van der Waals surface area (Å²) in [4.78, 5) is 12.0. The van der Waals surface area contributed by atoms with Crippen molar-refractivity contribution in [1.29, 1.82) is 0 Å². The number of hydrogen-bond donors (Lipinski definition) is 2. The molecule has 1 unspecified atom stereocenters. The van der Waals surface area contributed by atoms with Crippen LogP contribution >= 0.6 is 0 Å². The van der Waals surface area contributed by atoms with Crippen LogP contribution in [0.5, 0.6) is 0 Å². The molecule has 22 heavy (non-hydrogen) atoms. The highest BCUT2D eigenvalue weighted by Crippen LogP contribution is 2.41. The molecule has 2 aromatic rings. The Morgan fingerprint density at radius 3 is 2.68 bits per heavy atom. The predicted molar refractivity (Wildman–Crippen MR) is 86.6 cm³/mol. The molecule has 1 aromatic heterocycles. The lowest BCUT2D eigenvalue weighted by atomic mass is 9.83. The number of H-pyrrole nitrogens is 1. The Bertz CT molecular complexity index is 796. The molecule has 0 saturated heterocycles. The van der Waals surface area contributed by atoms with Crippen LogP contribution in [0, 0.1) is 0 Å². The number of allylic oxidation sites excluding steroid dienone is 4. The van der Waals surface area contributed by atoms with Gasteiger partial charge in [0.1, 0.15) is 0 Å². The molecule has 2 N–H and O–H groups in total. The molecule has 1 aliphatic heterocycles. The predicted octanol–water partition coefficient (Wildman–Crippen LogP) is 3.40. The van der Waals surface area contributed by atoms with E-state index >= 15 is 0 Å². The van der Waals surface area contributed by atoms with Crippen LogP contribution in [0.25, 0.3) is 5.57 Å². The lowest BCUT2D eigenvalue weighted by Gasteiger charge is -2.24. The summed E-state index contributed by atoms with van der Waals surface area (Å²) in [5.74, 6) is 0.739. The van der Waals surface area contributed by atoms with E-state index in [1.165, 1.54) is 11.1 Å². The van der Waals surface area contributed by atoms with E-state index < -0.39 is 0 Å². The van der Waals surface area contributed by atoms with E-state index in [-0.39, 0.29) is 11.8 Å². The van der Waals surface area contributed by atoms with Crippen molar-refractivity contribution in [3.63, 3.8) is 0 Å². The van der Waals surface area contributed by atoms with Gasteiger partial charge in [0.05, 0.1) is 5.69 Å². The molecule has 1 amide bonds. The summed E-state index contributed by atoms with van der Waals surface area (Å²) in [5.41, 5.74) is 5.72. The van der Waals surface area contributed by atoms with Crippen molar-refractivity contribution in [2.75, 3.05) is 5.32 Å². The second-order valence-electron chi connectivity index (χ2n) is 5.74. The van der Waals surface area contributed by atoms with Gasteiger partial charge in [-0.2, -0.15) is 5.10 Å². The monoisotopic (exact) mass is 291 g/mol. The largest absolute Gasteiger partial charge is 0.309 e. The smallest absolute Gasteiger partial charge is 0.226 e. The molecule has 1 aromatic carbocycles. The summed E-state index contributed by atoms with van der Waals surface area (Å²) in [6.07, 6.45) is 7.60. The van der Waals surface area contributed by atoms with Crippen molar-refractivity contribution >= 4 is 17.3 Å². The average Bonchev–Trinajstić information content (AvgIpc) is 2.88. The maximum atomic E-state index is 12.0. The standard InChI is InChI=1S/C18H17N3O/c1-2-11-6-8-12(9-7-11)14-10-15(22)19-18-16(14)17(20-21-18)13-4-3-5-13/h3-9,14H,2,10H2,1H3,(H2,19,20,21,22). The summed E-state index contributed by atoms with van der Waals surface area (Å²) in [5, 5.41) is 10.2. The zero-order valence-corrected chi connectivity index (χ0v) is 12.4. The minimum absolute atomic E-state index is 0.0215. The first-order valence-electron chi connectivity index (χ1n) is 7.62. The summed E-state index contributed by atoms with van der Waals surface area (Å²) < 4.78 is 0.